The van der Waals surface area contributed by atoms with Crippen LogP contribution in [0.15, 0.2) is 11.6 Å². The number of hydrogen-bond acceptors (Lipinski definition) is 4. The Hall–Kier alpha value is -0.940. The molecule has 0 spiro atoms. The molecule has 1 aromatic rings. The fourth-order valence-electron chi connectivity index (χ4n) is 2.07. The molecule has 0 bridgehead atoms. The molecule has 1 saturated heterocycles. The summed E-state index contributed by atoms with van der Waals surface area (Å²) in [7, 11) is 0. The van der Waals surface area contributed by atoms with Gasteiger partial charge in [-0.3, -0.25) is 4.79 Å². The first-order valence-corrected chi connectivity index (χ1v) is 5.95. The third-order valence-electron chi connectivity index (χ3n) is 2.66. The van der Waals surface area contributed by atoms with Gasteiger partial charge < -0.3 is 10.6 Å². The Morgan fingerprint density at radius 3 is 2.93 bits per heavy atom. The SMILES string of the molecule is CC(C)N1C(=O)CC(N)C1c1nccs1. The first-order chi connectivity index (χ1) is 7.11. The number of carbonyl (C=O) groups is 1. The van der Waals surface area contributed by atoms with E-state index >= 15 is 0 Å². The highest BCUT2D eigenvalue weighted by Crippen LogP contribution is 2.34. The first kappa shape index (κ1) is 10.6. The number of carbonyl (C=O) groups excluding carboxylic acids is 1. The summed E-state index contributed by atoms with van der Waals surface area (Å²) in [5.41, 5.74) is 5.99. The number of hydrogen-bond donors (Lipinski definition) is 1. The quantitative estimate of drug-likeness (QED) is 0.821. The Bertz CT molecular complexity index is 350. The van der Waals surface area contributed by atoms with Crippen LogP contribution in [0.5, 0.6) is 0 Å². The van der Waals surface area contributed by atoms with E-state index in [1.54, 1.807) is 17.5 Å². The Morgan fingerprint density at radius 1 is 1.67 bits per heavy atom. The molecule has 82 valence electrons. The first-order valence-electron chi connectivity index (χ1n) is 5.07. The van der Waals surface area contributed by atoms with Gasteiger partial charge in [0.2, 0.25) is 5.91 Å². The van der Waals surface area contributed by atoms with Crippen molar-refractivity contribution in [2.45, 2.75) is 38.4 Å². The van der Waals surface area contributed by atoms with Gasteiger partial charge in [0.1, 0.15) is 5.01 Å². The van der Waals surface area contributed by atoms with Gasteiger partial charge in [0, 0.05) is 30.1 Å². The van der Waals surface area contributed by atoms with Crippen LogP contribution in [0.4, 0.5) is 0 Å². The second-order valence-electron chi connectivity index (χ2n) is 4.08. The third-order valence-corrected chi connectivity index (χ3v) is 3.51. The van der Waals surface area contributed by atoms with Crippen molar-refractivity contribution in [3.8, 4) is 0 Å². The summed E-state index contributed by atoms with van der Waals surface area (Å²) in [6.45, 7) is 4.02. The van der Waals surface area contributed by atoms with Crippen LogP contribution >= 0.6 is 11.3 Å². The fourth-order valence-corrected chi connectivity index (χ4v) is 2.88. The van der Waals surface area contributed by atoms with Crippen molar-refractivity contribution in [1.29, 1.82) is 0 Å². The summed E-state index contributed by atoms with van der Waals surface area (Å²) in [4.78, 5) is 17.9. The van der Waals surface area contributed by atoms with Crippen molar-refractivity contribution in [2.75, 3.05) is 0 Å². The molecule has 1 aromatic heterocycles. The average Bonchev–Trinajstić information content (AvgIpc) is 2.71. The number of nitrogens with zero attached hydrogens (tertiary/aromatic N) is 2. The summed E-state index contributed by atoms with van der Waals surface area (Å²) >= 11 is 1.56. The molecule has 1 amide bonds. The Balaban J connectivity index is 2.32. The number of thiazole rings is 1. The van der Waals surface area contributed by atoms with Gasteiger partial charge in [-0.1, -0.05) is 0 Å². The lowest BCUT2D eigenvalue weighted by molar-refractivity contribution is -0.130. The van der Waals surface area contributed by atoms with Crippen molar-refractivity contribution in [2.24, 2.45) is 5.73 Å². The van der Waals surface area contributed by atoms with Crippen LogP contribution in [0.3, 0.4) is 0 Å². The van der Waals surface area contributed by atoms with E-state index in [9.17, 15) is 4.79 Å². The standard InChI is InChI=1S/C10H15N3OS/c1-6(2)13-8(14)5-7(11)9(13)10-12-3-4-15-10/h3-4,6-7,9H,5,11H2,1-2H3. The monoisotopic (exact) mass is 225 g/mol. The molecule has 4 nitrogen and oxygen atoms in total. The zero-order valence-corrected chi connectivity index (χ0v) is 9.70. The number of likely N-dealkylation sites (tertiary alicyclic amines) is 1. The van der Waals surface area contributed by atoms with Gasteiger partial charge in [0.15, 0.2) is 0 Å². The van der Waals surface area contributed by atoms with E-state index in [1.165, 1.54) is 0 Å². The minimum absolute atomic E-state index is 0.0301. The van der Waals surface area contributed by atoms with Crippen LogP contribution in [-0.4, -0.2) is 27.9 Å². The molecule has 0 saturated carbocycles. The minimum Gasteiger partial charge on any atom is -0.329 e. The van der Waals surface area contributed by atoms with E-state index < -0.39 is 0 Å². The van der Waals surface area contributed by atoms with Crippen molar-refractivity contribution >= 4 is 17.2 Å². The zero-order chi connectivity index (χ0) is 11.0. The summed E-state index contributed by atoms with van der Waals surface area (Å²) in [5.74, 6) is 0.137. The number of rotatable bonds is 2. The molecule has 0 radical (unpaired) electrons. The predicted octanol–water partition coefficient (Wildman–Crippen LogP) is 1.15. The molecular weight excluding hydrogens is 210 g/mol. The summed E-state index contributed by atoms with van der Waals surface area (Å²) in [6, 6.07) is 0.0310. The maximum absolute atomic E-state index is 11.8. The van der Waals surface area contributed by atoms with Crippen molar-refractivity contribution in [3.05, 3.63) is 16.6 Å². The zero-order valence-electron chi connectivity index (χ0n) is 8.88. The molecule has 0 aromatic carbocycles. The van der Waals surface area contributed by atoms with Crippen LogP contribution in [0.1, 0.15) is 31.3 Å². The molecule has 0 aliphatic carbocycles. The van der Waals surface area contributed by atoms with Crippen molar-refractivity contribution < 1.29 is 4.79 Å². The van der Waals surface area contributed by atoms with Gasteiger partial charge in [-0.2, -0.15) is 0 Å². The van der Waals surface area contributed by atoms with E-state index in [1.807, 2.05) is 24.1 Å². The molecule has 1 aliphatic rings. The molecule has 1 aliphatic heterocycles. The number of aromatic nitrogens is 1. The van der Waals surface area contributed by atoms with Gasteiger partial charge in [-0.15, -0.1) is 11.3 Å². The van der Waals surface area contributed by atoms with E-state index in [0.29, 0.717) is 6.42 Å². The van der Waals surface area contributed by atoms with Gasteiger partial charge >= 0.3 is 0 Å². The highest BCUT2D eigenvalue weighted by atomic mass is 32.1. The maximum atomic E-state index is 11.8. The molecule has 2 N–H and O–H groups in total. The molecule has 1 fully saturated rings. The van der Waals surface area contributed by atoms with Crippen molar-refractivity contribution in [1.82, 2.24) is 9.88 Å². The molecule has 2 unspecified atom stereocenters. The van der Waals surface area contributed by atoms with E-state index in [-0.39, 0.29) is 24.0 Å². The van der Waals surface area contributed by atoms with E-state index in [4.69, 9.17) is 5.73 Å². The van der Waals surface area contributed by atoms with Crippen LogP contribution in [0, 0.1) is 0 Å². The highest BCUT2D eigenvalue weighted by molar-refractivity contribution is 7.09. The molecule has 15 heavy (non-hydrogen) atoms. The molecule has 2 rings (SSSR count). The van der Waals surface area contributed by atoms with Crippen LogP contribution in [-0.2, 0) is 4.79 Å². The van der Waals surface area contributed by atoms with Crippen LogP contribution in [0.2, 0.25) is 0 Å². The molecular formula is C10H15N3OS. The van der Waals surface area contributed by atoms with E-state index in [0.717, 1.165) is 5.01 Å². The lowest BCUT2D eigenvalue weighted by Crippen LogP contribution is -2.37. The average molecular weight is 225 g/mol. The van der Waals surface area contributed by atoms with Gasteiger partial charge in [-0.05, 0) is 13.8 Å². The third kappa shape index (κ3) is 1.77. The minimum atomic E-state index is -0.119. The number of nitrogens with two attached hydrogens (primary N) is 1. The topological polar surface area (TPSA) is 59.2 Å². The summed E-state index contributed by atoms with van der Waals surface area (Å²) in [6.07, 6.45) is 2.19. The maximum Gasteiger partial charge on any atom is 0.225 e. The largest absolute Gasteiger partial charge is 0.329 e. The van der Waals surface area contributed by atoms with Gasteiger partial charge in [0.05, 0.1) is 6.04 Å². The fraction of sp³-hybridized carbons (Fsp3) is 0.600. The summed E-state index contributed by atoms with van der Waals surface area (Å²) in [5, 5.41) is 2.87. The van der Waals surface area contributed by atoms with Gasteiger partial charge in [-0.25, -0.2) is 4.98 Å². The predicted molar refractivity (Wildman–Crippen MR) is 59.4 cm³/mol. The summed E-state index contributed by atoms with van der Waals surface area (Å²) < 4.78 is 0. The normalized spacial score (nSPS) is 26.7. The lowest BCUT2D eigenvalue weighted by Gasteiger charge is -2.28. The number of amides is 1. The van der Waals surface area contributed by atoms with Gasteiger partial charge in [0.25, 0.3) is 0 Å². The lowest BCUT2D eigenvalue weighted by atomic mass is 10.1. The molecule has 2 heterocycles. The second kappa shape index (κ2) is 3.90. The Morgan fingerprint density at radius 2 is 2.40 bits per heavy atom. The highest BCUT2D eigenvalue weighted by Gasteiger charge is 2.41. The second-order valence-corrected chi connectivity index (χ2v) is 5.00. The smallest absolute Gasteiger partial charge is 0.225 e. The van der Waals surface area contributed by atoms with E-state index in [2.05, 4.69) is 4.98 Å². The Labute approximate surface area is 93.1 Å². The van der Waals surface area contributed by atoms with Crippen molar-refractivity contribution in [3.63, 3.8) is 0 Å². The Kier molecular flexibility index (Phi) is 2.75. The molecule has 5 heteroatoms. The van der Waals surface area contributed by atoms with Crippen LogP contribution in [0.25, 0.3) is 0 Å². The molecule has 2 atom stereocenters. The van der Waals surface area contributed by atoms with Crippen LogP contribution < -0.4 is 5.73 Å².